The molecule has 0 unspecified atom stereocenters. The quantitative estimate of drug-likeness (QED) is 0.478. The lowest BCUT2D eigenvalue weighted by atomic mass is 10.1. The number of aromatic nitrogens is 2. The van der Waals surface area contributed by atoms with E-state index in [1.54, 1.807) is 20.8 Å². The van der Waals surface area contributed by atoms with Crippen molar-refractivity contribution in [1.82, 2.24) is 9.55 Å². The number of hydrogen-bond acceptors (Lipinski definition) is 7. The first-order valence-electron chi connectivity index (χ1n) is 7.32. The van der Waals surface area contributed by atoms with Crippen LogP contribution in [0, 0.1) is 0 Å². The zero-order valence-electron chi connectivity index (χ0n) is 13.6. The van der Waals surface area contributed by atoms with Gasteiger partial charge in [0.15, 0.2) is 6.23 Å². The molecule has 3 atom stereocenters. The molecule has 9 nitrogen and oxygen atoms in total. The van der Waals surface area contributed by atoms with Gasteiger partial charge in [-0.1, -0.05) is 0 Å². The van der Waals surface area contributed by atoms with Crippen LogP contribution in [-0.2, 0) is 14.3 Å². The second-order valence-corrected chi connectivity index (χ2v) is 6.35. The first-order chi connectivity index (χ1) is 11.1. The molecule has 9 heteroatoms. The fourth-order valence-electron chi connectivity index (χ4n) is 2.28. The van der Waals surface area contributed by atoms with Gasteiger partial charge in [0.1, 0.15) is 17.8 Å². The van der Waals surface area contributed by atoms with Gasteiger partial charge in [-0.15, -0.1) is 0 Å². The molecule has 1 aromatic rings. The molecule has 1 saturated heterocycles. The van der Waals surface area contributed by atoms with Crippen molar-refractivity contribution >= 4 is 5.97 Å². The highest BCUT2D eigenvalue weighted by Crippen LogP contribution is 2.33. The van der Waals surface area contributed by atoms with Crippen LogP contribution >= 0.6 is 0 Å². The molecule has 0 aliphatic carbocycles. The van der Waals surface area contributed by atoms with Gasteiger partial charge in [0.05, 0.1) is 6.61 Å². The summed E-state index contributed by atoms with van der Waals surface area (Å²) < 4.78 is 11.6. The van der Waals surface area contributed by atoms with Crippen molar-refractivity contribution in [1.29, 1.82) is 0 Å². The van der Waals surface area contributed by atoms with E-state index in [0.29, 0.717) is 0 Å². The van der Waals surface area contributed by atoms with Crippen LogP contribution in [-0.4, -0.2) is 50.1 Å². The maximum Gasteiger partial charge on any atom is 0.331 e. The van der Waals surface area contributed by atoms with E-state index in [-0.39, 0.29) is 5.57 Å². The number of carbonyl (C=O) groups is 1. The van der Waals surface area contributed by atoms with E-state index in [4.69, 9.17) is 9.47 Å². The minimum absolute atomic E-state index is 0.0532. The number of nitrogens with zero attached hydrogens (tertiary/aromatic N) is 1. The summed E-state index contributed by atoms with van der Waals surface area (Å²) in [6, 6.07) is 1.11. The Bertz CT molecular complexity index is 756. The van der Waals surface area contributed by atoms with E-state index < -0.39 is 47.9 Å². The number of aliphatic hydroxyl groups is 2. The summed E-state index contributed by atoms with van der Waals surface area (Å²) in [6.07, 6.45) is -1.24. The second-order valence-electron chi connectivity index (χ2n) is 6.35. The molecule has 0 amide bonds. The van der Waals surface area contributed by atoms with Crippen LogP contribution in [0.5, 0.6) is 0 Å². The van der Waals surface area contributed by atoms with Crippen LogP contribution in [0.2, 0.25) is 0 Å². The van der Waals surface area contributed by atoms with Crippen LogP contribution in [0.15, 0.2) is 33.5 Å². The zero-order chi connectivity index (χ0) is 18.1. The van der Waals surface area contributed by atoms with Crippen molar-refractivity contribution in [2.24, 2.45) is 0 Å². The fourth-order valence-corrected chi connectivity index (χ4v) is 2.28. The summed E-state index contributed by atoms with van der Waals surface area (Å²) in [4.78, 5) is 37.2. The SMILES string of the molecule is CC(C)(C)OC(=O)/C=C1\[C@H](n2ccc(=O)[nH]c2=O)O[C@H](CO)[C@H]1O. The third-order valence-electron chi connectivity index (χ3n) is 3.26. The van der Waals surface area contributed by atoms with Crippen LogP contribution in [0.25, 0.3) is 0 Å². The third-order valence-corrected chi connectivity index (χ3v) is 3.26. The van der Waals surface area contributed by atoms with Crippen molar-refractivity contribution < 1.29 is 24.5 Å². The predicted octanol–water partition coefficient (Wildman–Crippen LogP) is -0.945. The van der Waals surface area contributed by atoms with E-state index in [0.717, 1.165) is 16.7 Å². The van der Waals surface area contributed by atoms with Crippen molar-refractivity contribution in [2.45, 2.75) is 44.8 Å². The molecule has 132 valence electrons. The largest absolute Gasteiger partial charge is 0.457 e. The average Bonchev–Trinajstić information content (AvgIpc) is 2.74. The smallest absolute Gasteiger partial charge is 0.331 e. The molecule has 24 heavy (non-hydrogen) atoms. The summed E-state index contributed by atoms with van der Waals surface area (Å²) in [6.45, 7) is 4.55. The fraction of sp³-hybridized carbons (Fsp3) is 0.533. The first kappa shape index (κ1) is 18.1. The molecule has 2 heterocycles. The summed E-state index contributed by atoms with van der Waals surface area (Å²) in [5.74, 6) is -0.721. The number of aliphatic hydroxyl groups excluding tert-OH is 2. The number of nitrogens with one attached hydrogen (secondary N) is 1. The summed E-state index contributed by atoms with van der Waals surface area (Å²) in [5.41, 5.74) is -2.05. The Kier molecular flexibility index (Phi) is 5.07. The molecule has 2 rings (SSSR count). The van der Waals surface area contributed by atoms with E-state index in [1.807, 2.05) is 0 Å². The molecular formula is C15H20N2O7. The number of esters is 1. The van der Waals surface area contributed by atoms with Gasteiger partial charge in [0, 0.05) is 23.9 Å². The predicted molar refractivity (Wildman–Crippen MR) is 82.3 cm³/mol. The van der Waals surface area contributed by atoms with E-state index >= 15 is 0 Å². The number of aromatic amines is 1. The van der Waals surface area contributed by atoms with Gasteiger partial charge in [-0.2, -0.15) is 0 Å². The molecule has 0 bridgehead atoms. The minimum Gasteiger partial charge on any atom is -0.457 e. The van der Waals surface area contributed by atoms with Crippen LogP contribution in [0.3, 0.4) is 0 Å². The van der Waals surface area contributed by atoms with Gasteiger partial charge < -0.3 is 19.7 Å². The summed E-state index contributed by atoms with van der Waals surface area (Å²) in [5, 5.41) is 19.5. The molecule has 1 aliphatic heterocycles. The highest BCUT2D eigenvalue weighted by molar-refractivity contribution is 5.83. The maximum absolute atomic E-state index is 12.0. The van der Waals surface area contributed by atoms with Crippen molar-refractivity contribution in [3.8, 4) is 0 Å². The Labute approximate surface area is 137 Å². The molecule has 1 aromatic heterocycles. The van der Waals surface area contributed by atoms with Crippen molar-refractivity contribution in [2.75, 3.05) is 6.61 Å². The molecule has 1 aliphatic rings. The molecule has 3 N–H and O–H groups in total. The van der Waals surface area contributed by atoms with E-state index in [2.05, 4.69) is 4.98 Å². The number of ether oxygens (including phenoxy) is 2. The Balaban J connectivity index is 2.42. The van der Waals surface area contributed by atoms with Crippen LogP contribution in [0.4, 0.5) is 0 Å². The highest BCUT2D eigenvalue weighted by atomic mass is 16.6. The Morgan fingerprint density at radius 1 is 1.46 bits per heavy atom. The number of rotatable bonds is 3. The van der Waals surface area contributed by atoms with Crippen LogP contribution < -0.4 is 11.2 Å². The number of H-pyrrole nitrogens is 1. The molecule has 0 aromatic carbocycles. The van der Waals surface area contributed by atoms with Gasteiger partial charge in [-0.25, -0.2) is 9.59 Å². The third kappa shape index (κ3) is 3.99. The van der Waals surface area contributed by atoms with Crippen molar-refractivity contribution in [3.05, 3.63) is 44.8 Å². The number of carbonyl (C=O) groups excluding carboxylic acids is 1. The number of hydrogen-bond donors (Lipinski definition) is 3. The molecule has 0 spiro atoms. The lowest BCUT2D eigenvalue weighted by molar-refractivity contribution is -0.148. The topological polar surface area (TPSA) is 131 Å². The average molecular weight is 340 g/mol. The highest BCUT2D eigenvalue weighted by Gasteiger charge is 2.40. The van der Waals surface area contributed by atoms with E-state index in [1.165, 1.54) is 6.20 Å². The van der Waals surface area contributed by atoms with Gasteiger partial charge >= 0.3 is 11.7 Å². The van der Waals surface area contributed by atoms with Crippen LogP contribution in [0.1, 0.15) is 27.0 Å². The van der Waals surface area contributed by atoms with Gasteiger partial charge in [-0.3, -0.25) is 14.3 Å². The summed E-state index contributed by atoms with van der Waals surface area (Å²) >= 11 is 0. The molecule has 0 radical (unpaired) electrons. The minimum atomic E-state index is -1.30. The second kappa shape index (κ2) is 6.71. The lowest BCUT2D eigenvalue weighted by Gasteiger charge is -2.19. The summed E-state index contributed by atoms with van der Waals surface area (Å²) in [7, 11) is 0. The first-order valence-corrected chi connectivity index (χ1v) is 7.32. The van der Waals surface area contributed by atoms with Gasteiger partial charge in [0.2, 0.25) is 0 Å². The molecular weight excluding hydrogens is 320 g/mol. The van der Waals surface area contributed by atoms with Gasteiger partial charge in [-0.05, 0) is 20.8 Å². The lowest BCUT2D eigenvalue weighted by Crippen LogP contribution is -2.32. The normalized spacial score (nSPS) is 25.9. The standard InChI is InChI=1S/C15H20N2O7/c1-15(2,3)24-11(20)6-8-12(21)9(7-18)23-13(8)17-5-4-10(19)16-14(17)22/h4-6,9,12-13,18,21H,7H2,1-3H3,(H,16,19,22)/b8-6-/t9-,12+,13-/m1/s1. The van der Waals surface area contributed by atoms with Gasteiger partial charge in [0.25, 0.3) is 5.56 Å². The Hall–Kier alpha value is -2.23. The Morgan fingerprint density at radius 3 is 2.67 bits per heavy atom. The van der Waals surface area contributed by atoms with E-state index in [9.17, 15) is 24.6 Å². The molecule has 0 saturated carbocycles. The monoisotopic (exact) mass is 340 g/mol. The maximum atomic E-state index is 12.0. The zero-order valence-corrected chi connectivity index (χ0v) is 13.6. The molecule has 1 fully saturated rings. The van der Waals surface area contributed by atoms with Crippen molar-refractivity contribution in [3.63, 3.8) is 0 Å². The Morgan fingerprint density at radius 2 is 2.12 bits per heavy atom.